The Bertz CT molecular complexity index is 454. The molecule has 0 aliphatic carbocycles. The summed E-state index contributed by atoms with van der Waals surface area (Å²) >= 11 is 1.62. The van der Waals surface area contributed by atoms with Gasteiger partial charge in [0, 0.05) is 18.4 Å². The first-order valence-corrected chi connectivity index (χ1v) is 8.52. The van der Waals surface area contributed by atoms with Crippen molar-refractivity contribution >= 4 is 17.7 Å². The van der Waals surface area contributed by atoms with E-state index in [1.807, 2.05) is 6.07 Å². The summed E-state index contributed by atoms with van der Waals surface area (Å²) in [7, 11) is 0. The van der Waals surface area contributed by atoms with Crippen molar-refractivity contribution in [2.24, 2.45) is 5.41 Å². The number of rotatable bonds is 7. The largest absolute Gasteiger partial charge is 0.396 e. The number of aryl methyl sites for hydroxylation is 1. The maximum absolute atomic E-state index is 12.0. The predicted molar refractivity (Wildman–Crippen MR) is 90.4 cm³/mol. The van der Waals surface area contributed by atoms with Crippen molar-refractivity contribution in [2.75, 3.05) is 12.4 Å². The molecule has 0 bridgehead atoms. The van der Waals surface area contributed by atoms with Crippen molar-refractivity contribution in [3.8, 4) is 0 Å². The quantitative estimate of drug-likeness (QED) is 0.813. The number of hydrogen-bond donors (Lipinski definition) is 2. The highest BCUT2D eigenvalue weighted by Crippen LogP contribution is 2.22. The highest BCUT2D eigenvalue weighted by molar-refractivity contribution is 7.99. The van der Waals surface area contributed by atoms with E-state index in [-0.39, 0.29) is 24.0 Å². The average molecular weight is 309 g/mol. The monoisotopic (exact) mass is 309 g/mol. The van der Waals surface area contributed by atoms with Crippen LogP contribution in [-0.2, 0) is 10.5 Å². The molecule has 0 aliphatic rings. The zero-order valence-corrected chi connectivity index (χ0v) is 14.3. The molecule has 0 saturated carbocycles. The van der Waals surface area contributed by atoms with Crippen LogP contribution in [0.15, 0.2) is 24.3 Å². The standard InChI is InChI=1S/C17H27NO2S/c1-13-6-5-7-14(10-13)11-21-12-16(20)18-15(8-9-19)17(2,3)4/h5-7,10,15,19H,8-9,11-12H2,1-4H3,(H,18,20). The van der Waals surface area contributed by atoms with Gasteiger partial charge in [0.1, 0.15) is 0 Å². The molecule has 1 atom stereocenters. The number of aliphatic hydroxyl groups is 1. The number of hydrogen-bond acceptors (Lipinski definition) is 3. The average Bonchev–Trinajstić information content (AvgIpc) is 2.37. The summed E-state index contributed by atoms with van der Waals surface area (Å²) in [4.78, 5) is 12.0. The number of aliphatic hydroxyl groups excluding tert-OH is 1. The Kier molecular flexibility index (Phi) is 7.26. The second kappa shape index (κ2) is 8.44. The van der Waals surface area contributed by atoms with E-state index in [0.29, 0.717) is 12.2 Å². The first-order chi connectivity index (χ1) is 9.82. The minimum Gasteiger partial charge on any atom is -0.396 e. The maximum Gasteiger partial charge on any atom is 0.230 e. The van der Waals surface area contributed by atoms with Gasteiger partial charge in [0.05, 0.1) is 5.75 Å². The highest BCUT2D eigenvalue weighted by atomic mass is 32.2. The van der Waals surface area contributed by atoms with E-state index < -0.39 is 0 Å². The second-order valence-electron chi connectivity index (χ2n) is 6.48. The van der Waals surface area contributed by atoms with E-state index in [1.54, 1.807) is 11.8 Å². The van der Waals surface area contributed by atoms with Crippen LogP contribution in [-0.4, -0.2) is 29.4 Å². The van der Waals surface area contributed by atoms with E-state index in [2.05, 4.69) is 51.2 Å². The summed E-state index contributed by atoms with van der Waals surface area (Å²) < 4.78 is 0. The van der Waals surface area contributed by atoms with Crippen LogP contribution in [0.5, 0.6) is 0 Å². The summed E-state index contributed by atoms with van der Waals surface area (Å²) in [6.07, 6.45) is 0.595. The topological polar surface area (TPSA) is 49.3 Å². The second-order valence-corrected chi connectivity index (χ2v) is 7.47. The zero-order valence-electron chi connectivity index (χ0n) is 13.5. The fraction of sp³-hybridized carbons (Fsp3) is 0.588. The molecule has 0 heterocycles. The third kappa shape index (κ3) is 7.00. The van der Waals surface area contributed by atoms with Gasteiger partial charge in [-0.3, -0.25) is 4.79 Å². The van der Waals surface area contributed by atoms with Gasteiger partial charge in [-0.05, 0) is 24.3 Å². The number of amides is 1. The van der Waals surface area contributed by atoms with E-state index >= 15 is 0 Å². The molecule has 1 amide bonds. The van der Waals surface area contributed by atoms with Gasteiger partial charge in [0.15, 0.2) is 0 Å². The van der Waals surface area contributed by atoms with E-state index in [4.69, 9.17) is 5.11 Å². The summed E-state index contributed by atoms with van der Waals surface area (Å²) in [5.41, 5.74) is 2.45. The molecule has 1 unspecified atom stereocenters. The van der Waals surface area contributed by atoms with Crippen LogP contribution in [0.4, 0.5) is 0 Å². The number of nitrogens with one attached hydrogen (secondary N) is 1. The molecule has 4 heteroatoms. The normalized spacial score (nSPS) is 13.0. The Balaban J connectivity index is 2.39. The lowest BCUT2D eigenvalue weighted by Gasteiger charge is -2.31. The summed E-state index contributed by atoms with van der Waals surface area (Å²) in [6.45, 7) is 8.40. The molecule has 118 valence electrons. The summed E-state index contributed by atoms with van der Waals surface area (Å²) in [5, 5.41) is 12.1. The van der Waals surface area contributed by atoms with Gasteiger partial charge in [-0.2, -0.15) is 0 Å². The first-order valence-electron chi connectivity index (χ1n) is 7.36. The van der Waals surface area contributed by atoms with Crippen LogP contribution < -0.4 is 5.32 Å². The predicted octanol–water partition coefficient (Wildman–Crippen LogP) is 3.14. The van der Waals surface area contributed by atoms with E-state index in [1.165, 1.54) is 11.1 Å². The van der Waals surface area contributed by atoms with Crippen molar-refractivity contribution in [3.05, 3.63) is 35.4 Å². The molecule has 2 N–H and O–H groups in total. The smallest absolute Gasteiger partial charge is 0.230 e. The van der Waals surface area contributed by atoms with Crippen molar-refractivity contribution in [1.29, 1.82) is 0 Å². The van der Waals surface area contributed by atoms with Crippen molar-refractivity contribution in [3.63, 3.8) is 0 Å². The Morgan fingerprint density at radius 1 is 1.38 bits per heavy atom. The van der Waals surface area contributed by atoms with Crippen molar-refractivity contribution < 1.29 is 9.90 Å². The van der Waals surface area contributed by atoms with Crippen LogP contribution in [0.25, 0.3) is 0 Å². The number of benzene rings is 1. The highest BCUT2D eigenvalue weighted by Gasteiger charge is 2.25. The zero-order chi connectivity index (χ0) is 15.9. The Labute approximate surface area is 132 Å². The molecular formula is C17H27NO2S. The van der Waals surface area contributed by atoms with Gasteiger partial charge in [-0.25, -0.2) is 0 Å². The van der Waals surface area contributed by atoms with E-state index in [0.717, 1.165) is 5.75 Å². The Morgan fingerprint density at radius 3 is 2.67 bits per heavy atom. The lowest BCUT2D eigenvalue weighted by Crippen LogP contribution is -2.45. The number of thioether (sulfide) groups is 1. The van der Waals surface area contributed by atoms with Gasteiger partial charge in [0.25, 0.3) is 0 Å². The van der Waals surface area contributed by atoms with Gasteiger partial charge in [0.2, 0.25) is 5.91 Å². The molecule has 0 fully saturated rings. The number of carbonyl (C=O) groups is 1. The molecular weight excluding hydrogens is 282 g/mol. The molecule has 1 aromatic carbocycles. The third-order valence-corrected chi connectivity index (χ3v) is 4.39. The van der Waals surface area contributed by atoms with Crippen molar-refractivity contribution in [1.82, 2.24) is 5.32 Å². The maximum atomic E-state index is 12.0. The van der Waals surface area contributed by atoms with Gasteiger partial charge >= 0.3 is 0 Å². The fourth-order valence-electron chi connectivity index (χ4n) is 2.15. The molecule has 0 aromatic heterocycles. The Morgan fingerprint density at radius 2 is 2.10 bits per heavy atom. The van der Waals surface area contributed by atoms with Crippen molar-refractivity contribution in [2.45, 2.75) is 45.9 Å². The van der Waals surface area contributed by atoms with Crippen LogP contribution >= 0.6 is 11.8 Å². The molecule has 3 nitrogen and oxygen atoms in total. The van der Waals surface area contributed by atoms with Gasteiger partial charge < -0.3 is 10.4 Å². The summed E-state index contributed by atoms with van der Waals surface area (Å²) in [6, 6.07) is 8.36. The van der Waals surface area contributed by atoms with Gasteiger partial charge in [-0.1, -0.05) is 50.6 Å². The minimum atomic E-state index is -0.0421. The first kappa shape index (κ1) is 18.1. The number of carbonyl (C=O) groups excluding carboxylic acids is 1. The molecule has 21 heavy (non-hydrogen) atoms. The fourth-order valence-corrected chi connectivity index (χ4v) is 2.94. The van der Waals surface area contributed by atoms with E-state index in [9.17, 15) is 4.79 Å². The minimum absolute atomic E-state index is 0.00886. The van der Waals surface area contributed by atoms with Crippen LogP contribution in [0.1, 0.15) is 38.3 Å². The molecule has 0 aliphatic heterocycles. The third-order valence-electron chi connectivity index (χ3n) is 3.38. The lowest BCUT2D eigenvalue weighted by molar-refractivity contribution is -0.120. The SMILES string of the molecule is Cc1cccc(CSCC(=O)NC(CCO)C(C)(C)C)c1. The molecule has 1 rings (SSSR count). The van der Waals surface area contributed by atoms with Crippen LogP contribution in [0.2, 0.25) is 0 Å². The van der Waals surface area contributed by atoms with Crippen LogP contribution in [0, 0.1) is 12.3 Å². The molecule has 0 radical (unpaired) electrons. The molecule has 0 spiro atoms. The van der Waals surface area contributed by atoms with Gasteiger partial charge in [-0.15, -0.1) is 11.8 Å². The van der Waals surface area contributed by atoms with Crippen LogP contribution in [0.3, 0.4) is 0 Å². The summed E-state index contributed by atoms with van der Waals surface area (Å²) in [5.74, 6) is 1.34. The Hall–Kier alpha value is -1.00. The molecule has 0 saturated heterocycles. The lowest BCUT2D eigenvalue weighted by atomic mass is 9.85. The molecule has 1 aromatic rings.